The molecule has 1 aromatic rings. The zero-order valence-corrected chi connectivity index (χ0v) is 8.53. The summed E-state index contributed by atoms with van der Waals surface area (Å²) in [5, 5.41) is 9.39. The molecule has 1 N–H and O–H groups in total. The van der Waals surface area contributed by atoms with Crippen molar-refractivity contribution >= 4 is 5.57 Å². The van der Waals surface area contributed by atoms with E-state index in [1.54, 1.807) is 0 Å². The number of aliphatic hydroxyl groups is 1. The highest BCUT2D eigenvalue weighted by molar-refractivity contribution is 5.68. The summed E-state index contributed by atoms with van der Waals surface area (Å²) in [5.41, 5.74) is 3.92. The van der Waals surface area contributed by atoms with Gasteiger partial charge in [-0.05, 0) is 36.0 Å². The first-order valence-electron chi connectivity index (χ1n) is 5.27. The standard InChI is InChI=1S/C13H16O/c1-2-10-3-5-11(6-4-10)12-7-8-13(14)9-12/h3-6,9,13-14H,2,7-8H2,1H3. The van der Waals surface area contributed by atoms with Crippen LogP contribution in [0.3, 0.4) is 0 Å². The molecular formula is C13H16O. The van der Waals surface area contributed by atoms with Crippen LogP contribution in [-0.4, -0.2) is 11.2 Å². The lowest BCUT2D eigenvalue weighted by molar-refractivity contribution is 0.223. The predicted octanol–water partition coefficient (Wildman–Crippen LogP) is 2.79. The van der Waals surface area contributed by atoms with Crippen LogP contribution in [0.4, 0.5) is 0 Å². The van der Waals surface area contributed by atoms with Gasteiger partial charge in [-0.15, -0.1) is 0 Å². The first kappa shape index (κ1) is 9.47. The number of hydrogen-bond acceptors (Lipinski definition) is 1. The SMILES string of the molecule is CCc1ccc(C2=CC(O)CC2)cc1. The van der Waals surface area contributed by atoms with E-state index >= 15 is 0 Å². The molecular weight excluding hydrogens is 172 g/mol. The van der Waals surface area contributed by atoms with E-state index in [-0.39, 0.29) is 6.10 Å². The molecule has 1 aliphatic rings. The van der Waals surface area contributed by atoms with E-state index < -0.39 is 0 Å². The van der Waals surface area contributed by atoms with Gasteiger partial charge in [-0.1, -0.05) is 37.3 Å². The fraction of sp³-hybridized carbons (Fsp3) is 0.385. The number of allylic oxidation sites excluding steroid dienone is 1. The molecule has 1 heteroatoms. The number of aliphatic hydroxyl groups excluding tert-OH is 1. The maximum Gasteiger partial charge on any atom is 0.0730 e. The quantitative estimate of drug-likeness (QED) is 0.756. The highest BCUT2D eigenvalue weighted by Gasteiger charge is 2.13. The minimum absolute atomic E-state index is 0.226. The minimum atomic E-state index is -0.226. The fourth-order valence-corrected chi connectivity index (χ4v) is 1.90. The van der Waals surface area contributed by atoms with Gasteiger partial charge < -0.3 is 5.11 Å². The highest BCUT2D eigenvalue weighted by atomic mass is 16.3. The highest BCUT2D eigenvalue weighted by Crippen LogP contribution is 2.27. The molecule has 0 radical (unpaired) electrons. The topological polar surface area (TPSA) is 20.2 Å². The van der Waals surface area contributed by atoms with Crippen molar-refractivity contribution in [3.63, 3.8) is 0 Å². The summed E-state index contributed by atoms with van der Waals surface area (Å²) in [4.78, 5) is 0. The van der Waals surface area contributed by atoms with Crippen LogP contribution in [0.1, 0.15) is 30.9 Å². The Bertz CT molecular complexity index is 335. The van der Waals surface area contributed by atoms with Crippen LogP contribution in [0, 0.1) is 0 Å². The van der Waals surface area contributed by atoms with Crippen LogP contribution in [0.2, 0.25) is 0 Å². The maximum atomic E-state index is 9.39. The van der Waals surface area contributed by atoms with E-state index in [4.69, 9.17) is 0 Å². The summed E-state index contributed by atoms with van der Waals surface area (Å²) in [6.45, 7) is 2.16. The summed E-state index contributed by atoms with van der Waals surface area (Å²) < 4.78 is 0. The summed E-state index contributed by atoms with van der Waals surface area (Å²) in [7, 11) is 0. The second-order valence-electron chi connectivity index (χ2n) is 3.85. The third kappa shape index (κ3) is 1.88. The zero-order chi connectivity index (χ0) is 9.97. The van der Waals surface area contributed by atoms with E-state index in [1.165, 1.54) is 16.7 Å². The van der Waals surface area contributed by atoms with Crippen molar-refractivity contribution in [1.29, 1.82) is 0 Å². The molecule has 0 aromatic heterocycles. The van der Waals surface area contributed by atoms with E-state index in [0.717, 1.165) is 19.3 Å². The van der Waals surface area contributed by atoms with Crippen LogP contribution in [0.5, 0.6) is 0 Å². The third-order valence-electron chi connectivity index (χ3n) is 2.84. The second kappa shape index (κ2) is 3.97. The molecule has 0 saturated heterocycles. The van der Waals surface area contributed by atoms with E-state index in [0.29, 0.717) is 0 Å². The second-order valence-corrected chi connectivity index (χ2v) is 3.85. The van der Waals surface area contributed by atoms with Crippen LogP contribution in [0.25, 0.3) is 5.57 Å². The van der Waals surface area contributed by atoms with Gasteiger partial charge in [0.1, 0.15) is 0 Å². The van der Waals surface area contributed by atoms with Gasteiger partial charge >= 0.3 is 0 Å². The van der Waals surface area contributed by atoms with Gasteiger partial charge in [-0.3, -0.25) is 0 Å². The molecule has 14 heavy (non-hydrogen) atoms. The van der Waals surface area contributed by atoms with Crippen molar-refractivity contribution < 1.29 is 5.11 Å². The third-order valence-corrected chi connectivity index (χ3v) is 2.84. The molecule has 0 spiro atoms. The average Bonchev–Trinajstić information content (AvgIpc) is 2.65. The Balaban J connectivity index is 2.21. The van der Waals surface area contributed by atoms with Gasteiger partial charge in [0.2, 0.25) is 0 Å². The molecule has 0 fully saturated rings. The molecule has 1 aliphatic carbocycles. The van der Waals surface area contributed by atoms with Crippen molar-refractivity contribution in [3.8, 4) is 0 Å². The van der Waals surface area contributed by atoms with Crippen molar-refractivity contribution in [3.05, 3.63) is 41.5 Å². The van der Waals surface area contributed by atoms with Gasteiger partial charge in [-0.2, -0.15) is 0 Å². The first-order chi connectivity index (χ1) is 6.79. The van der Waals surface area contributed by atoms with Gasteiger partial charge in [0.15, 0.2) is 0 Å². The molecule has 0 aliphatic heterocycles. The molecule has 0 heterocycles. The molecule has 0 bridgehead atoms. The van der Waals surface area contributed by atoms with Gasteiger partial charge in [0.05, 0.1) is 6.10 Å². The molecule has 1 aromatic carbocycles. The lowest BCUT2D eigenvalue weighted by Gasteiger charge is -2.02. The van der Waals surface area contributed by atoms with Crippen molar-refractivity contribution in [1.82, 2.24) is 0 Å². The van der Waals surface area contributed by atoms with Crippen molar-refractivity contribution in [2.45, 2.75) is 32.3 Å². The summed E-state index contributed by atoms with van der Waals surface area (Å²) >= 11 is 0. The molecule has 2 rings (SSSR count). The Kier molecular flexibility index (Phi) is 2.69. The largest absolute Gasteiger partial charge is 0.389 e. The molecule has 1 nitrogen and oxygen atoms in total. The maximum absolute atomic E-state index is 9.39. The smallest absolute Gasteiger partial charge is 0.0730 e. The van der Waals surface area contributed by atoms with Gasteiger partial charge in [0.25, 0.3) is 0 Å². The average molecular weight is 188 g/mol. The Labute approximate surface area is 85.1 Å². The van der Waals surface area contributed by atoms with Crippen LogP contribution >= 0.6 is 0 Å². The normalized spacial score (nSPS) is 21.0. The monoisotopic (exact) mass is 188 g/mol. The zero-order valence-electron chi connectivity index (χ0n) is 8.53. The summed E-state index contributed by atoms with van der Waals surface area (Å²) in [6.07, 6.45) is 4.72. The van der Waals surface area contributed by atoms with E-state index in [1.807, 2.05) is 6.08 Å². The van der Waals surface area contributed by atoms with Crippen LogP contribution in [-0.2, 0) is 6.42 Å². The molecule has 1 unspecified atom stereocenters. The summed E-state index contributed by atoms with van der Waals surface area (Å²) in [6, 6.07) is 8.65. The minimum Gasteiger partial charge on any atom is -0.389 e. The van der Waals surface area contributed by atoms with E-state index in [9.17, 15) is 5.11 Å². The van der Waals surface area contributed by atoms with Crippen molar-refractivity contribution in [2.24, 2.45) is 0 Å². The predicted molar refractivity (Wildman–Crippen MR) is 59.0 cm³/mol. The van der Waals surface area contributed by atoms with E-state index in [2.05, 4.69) is 31.2 Å². The Morgan fingerprint density at radius 3 is 2.50 bits per heavy atom. The Morgan fingerprint density at radius 2 is 2.00 bits per heavy atom. The molecule has 74 valence electrons. The number of rotatable bonds is 2. The Hall–Kier alpha value is -1.08. The number of aryl methyl sites for hydroxylation is 1. The molecule has 1 atom stereocenters. The van der Waals surface area contributed by atoms with Crippen molar-refractivity contribution in [2.75, 3.05) is 0 Å². The van der Waals surface area contributed by atoms with Crippen LogP contribution in [0.15, 0.2) is 30.3 Å². The fourth-order valence-electron chi connectivity index (χ4n) is 1.90. The lowest BCUT2D eigenvalue weighted by atomic mass is 10.0. The number of hydrogen-bond donors (Lipinski definition) is 1. The molecule has 0 saturated carbocycles. The Morgan fingerprint density at radius 1 is 1.29 bits per heavy atom. The lowest BCUT2D eigenvalue weighted by Crippen LogP contribution is -1.93. The molecule has 0 amide bonds. The van der Waals surface area contributed by atoms with Gasteiger partial charge in [-0.25, -0.2) is 0 Å². The summed E-state index contributed by atoms with van der Waals surface area (Å²) in [5.74, 6) is 0. The number of benzene rings is 1. The first-order valence-corrected chi connectivity index (χ1v) is 5.27. The van der Waals surface area contributed by atoms with Gasteiger partial charge in [0, 0.05) is 0 Å². The van der Waals surface area contributed by atoms with Crippen LogP contribution < -0.4 is 0 Å².